The van der Waals surface area contributed by atoms with E-state index in [0.717, 1.165) is 11.5 Å². The number of benzene rings is 1. The van der Waals surface area contributed by atoms with Gasteiger partial charge in [-0.25, -0.2) is 4.21 Å². The lowest BCUT2D eigenvalue weighted by molar-refractivity contribution is -0.151. The standard InChI is InChI=1S/C15H16F3N3O2S2/c16-15(17,18)10(13-9-3-1-2-4-12(9)24-20-13)5-7-25(23)8-6-11(19)14(22)21-25/h1-4,10-11H,5-8,19H2/t10?,11-,25?/m0/s1. The number of fused-ring (bicyclic) bond motifs is 1. The van der Waals surface area contributed by atoms with Gasteiger partial charge in [0.05, 0.1) is 32.1 Å². The van der Waals surface area contributed by atoms with Crippen LogP contribution in [0.25, 0.3) is 10.1 Å². The molecule has 2 heterocycles. The fourth-order valence-corrected chi connectivity index (χ4v) is 5.68. The average molecular weight is 391 g/mol. The van der Waals surface area contributed by atoms with E-state index in [1.807, 2.05) is 0 Å². The molecule has 0 bridgehead atoms. The summed E-state index contributed by atoms with van der Waals surface area (Å²) in [6, 6.07) is 5.89. The highest BCUT2D eigenvalue weighted by molar-refractivity contribution is 7.93. The second-order valence-electron chi connectivity index (χ2n) is 5.95. The van der Waals surface area contributed by atoms with Gasteiger partial charge in [-0.05, 0) is 30.4 Å². The number of aromatic nitrogens is 1. The number of nitrogens with zero attached hydrogens (tertiary/aromatic N) is 2. The van der Waals surface area contributed by atoms with E-state index in [9.17, 15) is 22.2 Å². The van der Waals surface area contributed by atoms with Crippen molar-refractivity contribution in [3.63, 3.8) is 0 Å². The van der Waals surface area contributed by atoms with Gasteiger partial charge in [-0.15, -0.1) is 0 Å². The van der Waals surface area contributed by atoms with Crippen molar-refractivity contribution < 1.29 is 22.2 Å². The van der Waals surface area contributed by atoms with Crippen molar-refractivity contribution in [1.82, 2.24) is 4.37 Å². The number of carbonyl (C=O) groups is 1. The lowest BCUT2D eigenvalue weighted by atomic mass is 9.99. The van der Waals surface area contributed by atoms with Gasteiger partial charge in [-0.1, -0.05) is 18.2 Å². The van der Waals surface area contributed by atoms with Gasteiger partial charge in [0.1, 0.15) is 0 Å². The van der Waals surface area contributed by atoms with Crippen molar-refractivity contribution in [1.29, 1.82) is 0 Å². The van der Waals surface area contributed by atoms with Crippen LogP contribution in [0.5, 0.6) is 0 Å². The van der Waals surface area contributed by atoms with Crippen molar-refractivity contribution in [2.45, 2.75) is 31.0 Å². The molecule has 1 aromatic carbocycles. The van der Waals surface area contributed by atoms with Crippen LogP contribution in [-0.2, 0) is 14.5 Å². The summed E-state index contributed by atoms with van der Waals surface area (Å²) < 4.78 is 61.6. The molecule has 0 saturated carbocycles. The Labute approximate surface area is 146 Å². The number of alkyl halides is 3. The van der Waals surface area contributed by atoms with Gasteiger partial charge in [0.15, 0.2) is 0 Å². The first-order valence-corrected chi connectivity index (χ1v) is 10.3. The van der Waals surface area contributed by atoms with Gasteiger partial charge in [-0.2, -0.15) is 21.9 Å². The molecule has 136 valence electrons. The highest BCUT2D eigenvalue weighted by atomic mass is 32.2. The summed E-state index contributed by atoms with van der Waals surface area (Å²) in [4.78, 5) is 11.6. The molecule has 1 aromatic heterocycles. The predicted octanol–water partition coefficient (Wildman–Crippen LogP) is 3.06. The Morgan fingerprint density at radius 3 is 2.76 bits per heavy atom. The fourth-order valence-electron chi connectivity index (χ4n) is 2.77. The van der Waals surface area contributed by atoms with E-state index in [1.165, 1.54) is 0 Å². The van der Waals surface area contributed by atoms with E-state index in [2.05, 4.69) is 8.74 Å². The van der Waals surface area contributed by atoms with E-state index in [0.29, 0.717) is 10.1 Å². The van der Waals surface area contributed by atoms with E-state index >= 15 is 0 Å². The Balaban J connectivity index is 1.90. The second kappa shape index (κ2) is 6.65. The molecule has 5 nitrogen and oxygen atoms in total. The molecule has 0 fully saturated rings. The fraction of sp³-hybridized carbons (Fsp3) is 0.467. The second-order valence-corrected chi connectivity index (χ2v) is 9.30. The smallest absolute Gasteiger partial charge is 0.320 e. The van der Waals surface area contributed by atoms with Crippen molar-refractivity contribution in [3.05, 3.63) is 30.0 Å². The maximum Gasteiger partial charge on any atom is 0.397 e. The summed E-state index contributed by atoms with van der Waals surface area (Å²) >= 11 is 1.00. The van der Waals surface area contributed by atoms with Crippen molar-refractivity contribution in [3.8, 4) is 0 Å². The highest BCUT2D eigenvalue weighted by Crippen LogP contribution is 2.41. The van der Waals surface area contributed by atoms with Crippen LogP contribution >= 0.6 is 11.5 Å². The van der Waals surface area contributed by atoms with Gasteiger partial charge >= 0.3 is 6.18 Å². The zero-order valence-electron chi connectivity index (χ0n) is 13.0. The number of carbonyl (C=O) groups excluding carboxylic acids is 1. The van der Waals surface area contributed by atoms with Crippen LogP contribution in [0.1, 0.15) is 24.5 Å². The Hall–Kier alpha value is -1.52. The largest absolute Gasteiger partial charge is 0.397 e. The number of amides is 1. The SMILES string of the molecule is N[C@H]1CCS(=O)(CCC(c2nsc3ccccc23)C(F)(F)F)=NC1=O. The van der Waals surface area contributed by atoms with Crippen LogP contribution in [0.4, 0.5) is 13.2 Å². The van der Waals surface area contributed by atoms with Crippen molar-refractivity contribution in [2.24, 2.45) is 10.1 Å². The lowest BCUT2D eigenvalue weighted by Gasteiger charge is -2.22. The number of hydrogen-bond donors (Lipinski definition) is 1. The van der Waals surface area contributed by atoms with Crippen LogP contribution in [-0.4, -0.2) is 38.2 Å². The number of nitrogens with two attached hydrogens (primary N) is 1. The number of halogens is 3. The highest BCUT2D eigenvalue weighted by Gasteiger charge is 2.43. The van der Waals surface area contributed by atoms with Crippen LogP contribution in [0.2, 0.25) is 0 Å². The zero-order chi connectivity index (χ0) is 18.2. The van der Waals surface area contributed by atoms with Gasteiger partial charge < -0.3 is 5.73 Å². The molecule has 0 aliphatic carbocycles. The first-order valence-electron chi connectivity index (χ1n) is 7.62. The predicted molar refractivity (Wildman–Crippen MR) is 90.9 cm³/mol. The molecule has 2 unspecified atom stereocenters. The molecule has 3 atom stereocenters. The molecule has 0 saturated heterocycles. The lowest BCUT2D eigenvalue weighted by Crippen LogP contribution is -2.37. The molecule has 2 N–H and O–H groups in total. The van der Waals surface area contributed by atoms with Crippen LogP contribution in [0.3, 0.4) is 0 Å². The number of hydrogen-bond acceptors (Lipinski definition) is 5. The Kier molecular flexibility index (Phi) is 4.86. The third-order valence-corrected chi connectivity index (χ3v) is 7.28. The molecule has 2 aromatic rings. The Morgan fingerprint density at radius 2 is 2.08 bits per heavy atom. The Bertz CT molecular complexity index is 916. The molecular formula is C15H16F3N3O2S2. The molecule has 25 heavy (non-hydrogen) atoms. The van der Waals surface area contributed by atoms with Crippen LogP contribution in [0.15, 0.2) is 28.6 Å². The molecule has 10 heteroatoms. The van der Waals surface area contributed by atoms with Gasteiger partial charge in [0.25, 0.3) is 5.91 Å². The summed E-state index contributed by atoms with van der Waals surface area (Å²) in [5.74, 6) is -2.80. The topological polar surface area (TPSA) is 85.4 Å². The molecular weight excluding hydrogens is 375 g/mol. The van der Waals surface area contributed by atoms with E-state index in [1.54, 1.807) is 24.3 Å². The van der Waals surface area contributed by atoms with Gasteiger partial charge in [0.2, 0.25) is 0 Å². The van der Waals surface area contributed by atoms with E-state index < -0.39 is 40.2 Å². The summed E-state index contributed by atoms with van der Waals surface area (Å²) in [5, 5.41) is 0.448. The van der Waals surface area contributed by atoms with Gasteiger partial charge in [-0.3, -0.25) is 4.79 Å². The monoisotopic (exact) mass is 391 g/mol. The minimum absolute atomic E-state index is 0.0439. The first kappa shape index (κ1) is 18.3. The summed E-state index contributed by atoms with van der Waals surface area (Å²) in [6.07, 6.45) is -4.78. The van der Waals surface area contributed by atoms with Crippen LogP contribution in [0, 0.1) is 0 Å². The molecule has 1 aliphatic heterocycles. The maximum atomic E-state index is 13.6. The molecule has 1 aliphatic rings. The third kappa shape index (κ3) is 3.85. The van der Waals surface area contributed by atoms with Gasteiger partial charge in [0, 0.05) is 16.9 Å². The zero-order valence-corrected chi connectivity index (χ0v) is 14.7. The Morgan fingerprint density at radius 1 is 1.36 bits per heavy atom. The summed E-state index contributed by atoms with van der Waals surface area (Å²) in [5.41, 5.74) is 5.45. The molecule has 3 rings (SSSR count). The molecule has 0 radical (unpaired) electrons. The molecule has 1 amide bonds. The van der Waals surface area contributed by atoms with E-state index in [-0.39, 0.29) is 23.6 Å². The van der Waals surface area contributed by atoms with Crippen molar-refractivity contribution >= 4 is 37.3 Å². The summed E-state index contributed by atoms with van der Waals surface area (Å²) in [6.45, 7) is 0. The quantitative estimate of drug-likeness (QED) is 0.868. The summed E-state index contributed by atoms with van der Waals surface area (Å²) in [7, 11) is -3.00. The molecule has 0 spiro atoms. The minimum Gasteiger partial charge on any atom is -0.320 e. The van der Waals surface area contributed by atoms with E-state index in [4.69, 9.17) is 5.73 Å². The average Bonchev–Trinajstić information content (AvgIpc) is 2.94. The number of rotatable bonds is 4. The normalized spacial score (nSPS) is 25.8. The third-order valence-electron chi connectivity index (χ3n) is 4.18. The van der Waals surface area contributed by atoms with Crippen molar-refractivity contribution in [2.75, 3.05) is 11.5 Å². The van der Waals surface area contributed by atoms with Crippen LogP contribution < -0.4 is 5.73 Å². The minimum atomic E-state index is -4.53. The maximum absolute atomic E-state index is 13.6. The first-order chi connectivity index (χ1) is 11.7.